The van der Waals surface area contributed by atoms with Crippen molar-refractivity contribution in [3.63, 3.8) is 0 Å². The number of nitrogens with zero attached hydrogens (tertiary/aromatic N) is 1. The van der Waals surface area contributed by atoms with Gasteiger partial charge < -0.3 is 4.90 Å². The highest BCUT2D eigenvalue weighted by atomic mass is 32.2. The highest BCUT2D eigenvalue weighted by Crippen LogP contribution is 2.21. The van der Waals surface area contributed by atoms with Gasteiger partial charge in [0.1, 0.15) is 0 Å². The quantitative estimate of drug-likeness (QED) is 0.747. The Morgan fingerprint density at radius 3 is 2.76 bits per heavy atom. The first-order valence-corrected chi connectivity index (χ1v) is 9.66. The topological polar surface area (TPSA) is 49.4 Å². The van der Waals surface area contributed by atoms with Gasteiger partial charge in [0, 0.05) is 12.6 Å². The van der Waals surface area contributed by atoms with E-state index in [0.29, 0.717) is 12.6 Å². The summed E-state index contributed by atoms with van der Waals surface area (Å²) in [6, 6.07) is 11.3. The molecule has 0 saturated carbocycles. The predicted octanol–water partition coefficient (Wildman–Crippen LogP) is 2.02. The average Bonchev–Trinajstić information content (AvgIpc) is 2.89. The Labute approximate surface area is 128 Å². The maximum absolute atomic E-state index is 11.0. The Hall–Kier alpha value is -0.910. The van der Waals surface area contributed by atoms with Crippen molar-refractivity contribution in [3.05, 3.63) is 35.9 Å². The number of nitrogens with one attached hydrogen (secondary N) is 1. The SMILES string of the molecule is CS(=O)(=O)NCCCN1CCCC1CCc1ccccc1. The second kappa shape index (κ2) is 7.92. The molecule has 0 amide bonds. The molecule has 1 N–H and O–H groups in total. The number of sulfonamides is 1. The van der Waals surface area contributed by atoms with Gasteiger partial charge in [-0.25, -0.2) is 13.1 Å². The van der Waals surface area contributed by atoms with Gasteiger partial charge in [-0.15, -0.1) is 0 Å². The molecule has 1 heterocycles. The van der Waals surface area contributed by atoms with E-state index < -0.39 is 10.0 Å². The summed E-state index contributed by atoms with van der Waals surface area (Å²) >= 11 is 0. The lowest BCUT2D eigenvalue weighted by Crippen LogP contribution is -2.33. The first-order chi connectivity index (χ1) is 10.0. The normalized spacial score (nSPS) is 20.0. The molecule has 118 valence electrons. The zero-order chi connectivity index (χ0) is 15.1. The standard InChI is InChI=1S/C16H26N2O2S/c1-21(19,20)17-12-6-14-18-13-5-9-16(18)11-10-15-7-3-2-4-8-15/h2-4,7-8,16-17H,5-6,9-14H2,1H3. The molecule has 1 aliphatic heterocycles. The Morgan fingerprint density at radius 1 is 1.29 bits per heavy atom. The fourth-order valence-electron chi connectivity index (χ4n) is 3.03. The van der Waals surface area contributed by atoms with E-state index in [1.807, 2.05) is 0 Å². The predicted molar refractivity (Wildman–Crippen MR) is 86.8 cm³/mol. The molecule has 1 unspecified atom stereocenters. The molecular formula is C16H26N2O2S. The van der Waals surface area contributed by atoms with Crippen LogP contribution >= 0.6 is 0 Å². The molecule has 0 aliphatic carbocycles. The summed E-state index contributed by atoms with van der Waals surface area (Å²) in [5, 5.41) is 0. The minimum Gasteiger partial charge on any atom is -0.300 e. The monoisotopic (exact) mass is 310 g/mol. The van der Waals surface area contributed by atoms with Gasteiger partial charge in [-0.2, -0.15) is 0 Å². The van der Waals surface area contributed by atoms with Crippen molar-refractivity contribution in [2.75, 3.05) is 25.9 Å². The van der Waals surface area contributed by atoms with Crippen molar-refractivity contribution < 1.29 is 8.42 Å². The number of likely N-dealkylation sites (tertiary alicyclic amines) is 1. The molecule has 1 aromatic carbocycles. The molecule has 2 rings (SSSR count). The first kappa shape index (κ1) is 16.5. The van der Waals surface area contributed by atoms with Gasteiger partial charge in [-0.1, -0.05) is 30.3 Å². The fourth-order valence-corrected chi connectivity index (χ4v) is 3.55. The molecule has 0 aromatic heterocycles. The van der Waals surface area contributed by atoms with Crippen LogP contribution in [0.1, 0.15) is 31.2 Å². The number of rotatable bonds is 8. The van der Waals surface area contributed by atoms with Crippen molar-refractivity contribution >= 4 is 10.0 Å². The van der Waals surface area contributed by atoms with Crippen LogP contribution < -0.4 is 4.72 Å². The van der Waals surface area contributed by atoms with E-state index in [4.69, 9.17) is 0 Å². The Balaban J connectivity index is 1.70. The van der Waals surface area contributed by atoms with E-state index in [1.165, 1.54) is 31.1 Å². The van der Waals surface area contributed by atoms with Crippen molar-refractivity contribution in [1.29, 1.82) is 0 Å². The molecule has 1 aromatic rings. The summed E-state index contributed by atoms with van der Waals surface area (Å²) < 4.78 is 24.6. The molecular weight excluding hydrogens is 284 g/mol. The van der Waals surface area contributed by atoms with Crippen molar-refractivity contribution in [2.24, 2.45) is 0 Å². The summed E-state index contributed by atoms with van der Waals surface area (Å²) in [6.45, 7) is 2.68. The van der Waals surface area contributed by atoms with Crippen LogP contribution in [0.2, 0.25) is 0 Å². The lowest BCUT2D eigenvalue weighted by atomic mass is 10.0. The molecule has 0 bridgehead atoms. The van der Waals surface area contributed by atoms with Gasteiger partial charge in [0.2, 0.25) is 10.0 Å². The van der Waals surface area contributed by atoms with E-state index in [9.17, 15) is 8.42 Å². The van der Waals surface area contributed by atoms with Crippen molar-refractivity contribution in [3.8, 4) is 0 Å². The Morgan fingerprint density at radius 2 is 2.05 bits per heavy atom. The molecule has 1 fully saturated rings. The van der Waals surface area contributed by atoms with Crippen molar-refractivity contribution in [2.45, 2.75) is 38.1 Å². The maximum atomic E-state index is 11.0. The lowest BCUT2D eigenvalue weighted by molar-refractivity contribution is 0.241. The lowest BCUT2D eigenvalue weighted by Gasteiger charge is -2.24. The highest BCUT2D eigenvalue weighted by molar-refractivity contribution is 7.88. The third-order valence-corrected chi connectivity index (χ3v) is 4.82. The number of hydrogen-bond acceptors (Lipinski definition) is 3. The molecule has 21 heavy (non-hydrogen) atoms. The van der Waals surface area contributed by atoms with Crippen molar-refractivity contribution in [1.82, 2.24) is 9.62 Å². The van der Waals surface area contributed by atoms with Gasteiger partial charge in [-0.3, -0.25) is 0 Å². The van der Waals surface area contributed by atoms with Gasteiger partial charge >= 0.3 is 0 Å². The van der Waals surface area contributed by atoms with Gasteiger partial charge in [0.15, 0.2) is 0 Å². The number of hydrogen-bond donors (Lipinski definition) is 1. The summed E-state index contributed by atoms with van der Waals surface area (Å²) in [6.07, 6.45) is 6.96. The third-order valence-electron chi connectivity index (χ3n) is 4.09. The summed E-state index contributed by atoms with van der Waals surface area (Å²) in [5.74, 6) is 0. The van der Waals surface area contributed by atoms with Crippen LogP contribution in [0, 0.1) is 0 Å². The Bertz CT molecular complexity index is 516. The van der Waals surface area contributed by atoms with E-state index in [1.54, 1.807) is 0 Å². The Kier molecular flexibility index (Phi) is 6.21. The molecule has 0 radical (unpaired) electrons. The van der Waals surface area contributed by atoms with E-state index in [-0.39, 0.29) is 0 Å². The maximum Gasteiger partial charge on any atom is 0.208 e. The second-order valence-electron chi connectivity index (χ2n) is 5.88. The molecule has 1 aliphatic rings. The zero-order valence-electron chi connectivity index (χ0n) is 12.8. The van der Waals surface area contributed by atoms with Crippen LogP contribution in [0.15, 0.2) is 30.3 Å². The zero-order valence-corrected chi connectivity index (χ0v) is 13.6. The van der Waals surface area contributed by atoms with Crippen LogP contribution in [0.5, 0.6) is 0 Å². The van der Waals surface area contributed by atoms with Crippen LogP contribution in [-0.4, -0.2) is 45.2 Å². The minimum absolute atomic E-state index is 0.542. The minimum atomic E-state index is -3.05. The largest absolute Gasteiger partial charge is 0.300 e. The molecule has 1 atom stereocenters. The van der Waals surface area contributed by atoms with Crippen LogP contribution in [0.4, 0.5) is 0 Å². The summed E-state index contributed by atoms with van der Waals surface area (Å²) in [4.78, 5) is 2.52. The van der Waals surface area contributed by atoms with Crippen LogP contribution in [0.3, 0.4) is 0 Å². The van der Waals surface area contributed by atoms with Crippen LogP contribution in [0.25, 0.3) is 0 Å². The number of benzene rings is 1. The molecule has 1 saturated heterocycles. The van der Waals surface area contributed by atoms with E-state index >= 15 is 0 Å². The third kappa shape index (κ3) is 6.16. The van der Waals surface area contributed by atoms with Crippen LogP contribution in [-0.2, 0) is 16.4 Å². The number of aryl methyl sites for hydroxylation is 1. The molecule has 5 heteroatoms. The van der Waals surface area contributed by atoms with Gasteiger partial charge in [-0.05, 0) is 50.8 Å². The summed E-state index contributed by atoms with van der Waals surface area (Å²) in [5.41, 5.74) is 1.41. The average molecular weight is 310 g/mol. The van der Waals surface area contributed by atoms with E-state index in [0.717, 1.165) is 25.9 Å². The van der Waals surface area contributed by atoms with E-state index in [2.05, 4.69) is 40.0 Å². The van der Waals surface area contributed by atoms with Gasteiger partial charge in [0.05, 0.1) is 6.26 Å². The van der Waals surface area contributed by atoms with Gasteiger partial charge in [0.25, 0.3) is 0 Å². The molecule has 0 spiro atoms. The molecule has 4 nitrogen and oxygen atoms in total. The fraction of sp³-hybridized carbons (Fsp3) is 0.625. The first-order valence-electron chi connectivity index (χ1n) is 7.77. The summed E-state index contributed by atoms with van der Waals surface area (Å²) in [7, 11) is -3.05. The smallest absolute Gasteiger partial charge is 0.208 e. The second-order valence-corrected chi connectivity index (χ2v) is 7.71. The highest BCUT2D eigenvalue weighted by Gasteiger charge is 2.23.